The van der Waals surface area contributed by atoms with Gasteiger partial charge in [0.2, 0.25) is 0 Å². The molecule has 0 spiro atoms. The molecule has 9 aromatic carbocycles. The first-order valence-corrected chi connectivity index (χ1v) is 19.8. The molecule has 2 heteroatoms. The van der Waals surface area contributed by atoms with Crippen LogP contribution in [0.3, 0.4) is 0 Å². The number of nitrogens with zero attached hydrogens (tertiary/aromatic N) is 2. The van der Waals surface area contributed by atoms with Crippen molar-refractivity contribution in [3.63, 3.8) is 0 Å². The van der Waals surface area contributed by atoms with Gasteiger partial charge in [-0.25, -0.2) is 0 Å². The normalized spacial score (nSPS) is 12.9. The maximum Gasteiger partial charge on any atom is 0.0547 e. The average molecular weight is 729 g/mol. The van der Waals surface area contributed by atoms with Gasteiger partial charge in [0, 0.05) is 38.9 Å². The second-order valence-corrected chi connectivity index (χ2v) is 15.8. The zero-order chi connectivity index (χ0) is 38.1. The monoisotopic (exact) mass is 728 g/mol. The lowest BCUT2D eigenvalue weighted by Gasteiger charge is -2.28. The number of fused-ring (bicyclic) bond motifs is 7. The van der Waals surface area contributed by atoms with E-state index in [0.29, 0.717) is 0 Å². The number of para-hydroxylation sites is 1. The van der Waals surface area contributed by atoms with Crippen LogP contribution in [-0.2, 0) is 5.41 Å². The Morgan fingerprint density at radius 3 is 1.79 bits per heavy atom. The van der Waals surface area contributed by atoms with Gasteiger partial charge in [0.25, 0.3) is 0 Å². The summed E-state index contributed by atoms with van der Waals surface area (Å²) in [6, 6.07) is 75.6. The molecule has 1 aliphatic carbocycles. The largest absolute Gasteiger partial charge is 0.310 e. The molecule has 2 nitrogen and oxygen atoms in total. The number of aromatic nitrogens is 1. The quantitative estimate of drug-likeness (QED) is 0.165. The van der Waals surface area contributed by atoms with Gasteiger partial charge in [-0.3, -0.25) is 0 Å². The fourth-order valence-electron chi connectivity index (χ4n) is 9.27. The predicted octanol–water partition coefficient (Wildman–Crippen LogP) is 15.0. The van der Waals surface area contributed by atoms with Gasteiger partial charge in [0.15, 0.2) is 0 Å². The predicted molar refractivity (Wildman–Crippen MR) is 241 cm³/mol. The molecule has 10 aromatic rings. The van der Waals surface area contributed by atoms with Crippen LogP contribution in [0, 0.1) is 0 Å². The molecule has 0 saturated heterocycles. The average Bonchev–Trinajstić information content (AvgIpc) is 3.71. The summed E-state index contributed by atoms with van der Waals surface area (Å²) in [5, 5.41) is 5.05. The maximum atomic E-state index is 2.41. The van der Waals surface area contributed by atoms with E-state index < -0.39 is 0 Å². The lowest BCUT2D eigenvalue weighted by molar-refractivity contribution is 0.660. The highest BCUT2D eigenvalue weighted by atomic mass is 15.1. The van der Waals surface area contributed by atoms with Crippen molar-refractivity contribution in [1.82, 2.24) is 4.57 Å². The first-order valence-electron chi connectivity index (χ1n) is 19.8. The highest BCUT2D eigenvalue weighted by Gasteiger charge is 2.35. The molecule has 0 fully saturated rings. The molecule has 0 atom stereocenters. The van der Waals surface area contributed by atoms with Gasteiger partial charge in [-0.05, 0) is 122 Å². The third-order valence-electron chi connectivity index (χ3n) is 12.2. The van der Waals surface area contributed by atoms with Crippen molar-refractivity contribution in [3.05, 3.63) is 217 Å². The Morgan fingerprint density at radius 1 is 0.368 bits per heavy atom. The summed E-state index contributed by atoms with van der Waals surface area (Å²) in [5.74, 6) is 0. The first-order chi connectivity index (χ1) is 28.0. The van der Waals surface area contributed by atoms with E-state index in [0.717, 1.165) is 22.7 Å². The molecule has 57 heavy (non-hydrogen) atoms. The Labute approximate surface area is 333 Å². The molecule has 1 aliphatic rings. The molecule has 1 heterocycles. The van der Waals surface area contributed by atoms with Crippen molar-refractivity contribution in [2.24, 2.45) is 0 Å². The Hall–Kier alpha value is -7.16. The van der Waals surface area contributed by atoms with E-state index >= 15 is 0 Å². The summed E-state index contributed by atoms with van der Waals surface area (Å²) in [7, 11) is 0. The number of anilines is 3. The minimum atomic E-state index is -0.0994. The van der Waals surface area contributed by atoms with Crippen LogP contribution in [-0.4, -0.2) is 4.57 Å². The standard InChI is InChI=1S/C55H40N2/c1-55(2)51-21-10-8-19-47(51)48-32-31-46(36-52(48)55)56(43-27-23-38(24-28-43)37-13-4-3-5-14-37)45-18-12-17-40(33-45)39-25-29-44(30-26-39)57-53-22-11-9-20-49(53)50-34-41-15-6-7-16-42(41)35-54(50)57/h3-36H,1-2H3. The molecule has 0 bridgehead atoms. The molecule has 1 aromatic heterocycles. The van der Waals surface area contributed by atoms with E-state index in [1.54, 1.807) is 0 Å². The summed E-state index contributed by atoms with van der Waals surface area (Å²) in [6.07, 6.45) is 0. The Morgan fingerprint density at radius 2 is 0.965 bits per heavy atom. The lowest BCUT2D eigenvalue weighted by atomic mass is 9.82. The molecular formula is C55H40N2. The smallest absolute Gasteiger partial charge is 0.0547 e. The Balaban J connectivity index is 1.01. The van der Waals surface area contributed by atoms with Crippen LogP contribution in [0.2, 0.25) is 0 Å². The van der Waals surface area contributed by atoms with Crippen LogP contribution in [0.15, 0.2) is 206 Å². The summed E-state index contributed by atoms with van der Waals surface area (Å²) in [4.78, 5) is 2.41. The summed E-state index contributed by atoms with van der Waals surface area (Å²) in [6.45, 7) is 4.71. The van der Waals surface area contributed by atoms with Crippen molar-refractivity contribution >= 4 is 49.6 Å². The Kier molecular flexibility index (Phi) is 7.55. The third kappa shape index (κ3) is 5.40. The maximum absolute atomic E-state index is 2.41. The van der Waals surface area contributed by atoms with E-state index in [1.807, 2.05) is 0 Å². The SMILES string of the molecule is CC1(C)c2ccccc2-c2ccc(N(c3ccc(-c4ccccc4)cc3)c3cccc(-c4ccc(-n5c6ccccc6c6cc7ccccc7cc65)cc4)c3)cc21. The van der Waals surface area contributed by atoms with Gasteiger partial charge in [-0.2, -0.15) is 0 Å². The summed E-state index contributed by atoms with van der Waals surface area (Å²) >= 11 is 0. The van der Waals surface area contributed by atoms with E-state index in [1.165, 1.54) is 77.1 Å². The zero-order valence-electron chi connectivity index (χ0n) is 32.0. The minimum Gasteiger partial charge on any atom is -0.310 e. The van der Waals surface area contributed by atoms with E-state index in [9.17, 15) is 0 Å². The van der Waals surface area contributed by atoms with Crippen LogP contribution in [0.4, 0.5) is 17.1 Å². The van der Waals surface area contributed by atoms with Crippen molar-refractivity contribution < 1.29 is 0 Å². The topological polar surface area (TPSA) is 8.17 Å². The molecular weight excluding hydrogens is 689 g/mol. The third-order valence-corrected chi connectivity index (χ3v) is 12.2. The van der Waals surface area contributed by atoms with Crippen molar-refractivity contribution in [3.8, 4) is 39.1 Å². The van der Waals surface area contributed by atoms with Crippen molar-refractivity contribution in [2.45, 2.75) is 19.3 Å². The van der Waals surface area contributed by atoms with Crippen LogP contribution < -0.4 is 4.90 Å². The summed E-state index contributed by atoms with van der Waals surface area (Å²) in [5.41, 5.74) is 17.0. The first kappa shape index (κ1) is 33.2. The van der Waals surface area contributed by atoms with E-state index in [4.69, 9.17) is 0 Å². The van der Waals surface area contributed by atoms with Crippen LogP contribution in [0.5, 0.6) is 0 Å². The van der Waals surface area contributed by atoms with Gasteiger partial charge in [0.1, 0.15) is 0 Å². The highest BCUT2D eigenvalue weighted by molar-refractivity contribution is 6.13. The van der Waals surface area contributed by atoms with Crippen LogP contribution in [0.25, 0.3) is 71.6 Å². The zero-order valence-corrected chi connectivity index (χ0v) is 32.0. The molecule has 11 rings (SSSR count). The van der Waals surface area contributed by atoms with Crippen molar-refractivity contribution in [2.75, 3.05) is 4.90 Å². The number of benzene rings is 9. The molecule has 0 amide bonds. The highest BCUT2D eigenvalue weighted by Crippen LogP contribution is 2.51. The lowest BCUT2D eigenvalue weighted by Crippen LogP contribution is -2.16. The van der Waals surface area contributed by atoms with Gasteiger partial charge in [-0.1, -0.05) is 153 Å². The van der Waals surface area contributed by atoms with Gasteiger partial charge in [-0.15, -0.1) is 0 Å². The minimum absolute atomic E-state index is 0.0994. The molecule has 0 N–H and O–H groups in total. The van der Waals surface area contributed by atoms with E-state index in [2.05, 4.69) is 230 Å². The fourth-order valence-corrected chi connectivity index (χ4v) is 9.27. The second-order valence-electron chi connectivity index (χ2n) is 15.8. The van der Waals surface area contributed by atoms with Gasteiger partial charge < -0.3 is 9.47 Å². The summed E-state index contributed by atoms with van der Waals surface area (Å²) < 4.78 is 2.41. The van der Waals surface area contributed by atoms with Gasteiger partial charge in [0.05, 0.1) is 11.0 Å². The second kappa shape index (κ2) is 13.0. The molecule has 0 unspecified atom stereocenters. The van der Waals surface area contributed by atoms with E-state index in [-0.39, 0.29) is 5.41 Å². The number of hydrogen-bond donors (Lipinski definition) is 0. The number of hydrogen-bond acceptors (Lipinski definition) is 1. The molecule has 270 valence electrons. The van der Waals surface area contributed by atoms with Crippen LogP contribution >= 0.6 is 0 Å². The van der Waals surface area contributed by atoms with Crippen molar-refractivity contribution in [1.29, 1.82) is 0 Å². The molecule has 0 radical (unpaired) electrons. The number of rotatable bonds is 6. The Bertz CT molecular complexity index is 3130. The molecule has 0 aliphatic heterocycles. The van der Waals surface area contributed by atoms with Gasteiger partial charge >= 0.3 is 0 Å². The fraction of sp³-hybridized carbons (Fsp3) is 0.0545. The molecule has 0 saturated carbocycles. The van der Waals surface area contributed by atoms with Crippen LogP contribution in [0.1, 0.15) is 25.0 Å².